The smallest absolute Gasteiger partial charge is 0.416 e. The number of benzene rings is 2. The van der Waals surface area contributed by atoms with Crippen LogP contribution in [-0.2, 0) is 6.18 Å². The van der Waals surface area contributed by atoms with Crippen LogP contribution in [0.4, 0.5) is 18.3 Å². The van der Waals surface area contributed by atoms with E-state index in [1.54, 1.807) is 23.5 Å². The molecule has 0 atom stereocenters. The summed E-state index contributed by atoms with van der Waals surface area (Å²) in [5.74, 6) is 0.825. The van der Waals surface area contributed by atoms with E-state index in [4.69, 9.17) is 4.74 Å². The number of ether oxygens (including phenoxy) is 1. The Bertz CT molecular complexity index is 1160. The van der Waals surface area contributed by atoms with E-state index in [0.29, 0.717) is 17.0 Å². The average molecular weight is 416 g/mol. The number of hydrogen-bond acceptors (Lipinski definition) is 6. The lowest BCUT2D eigenvalue weighted by molar-refractivity contribution is -0.137. The number of alkyl halides is 3. The number of hydrogen-bond donors (Lipinski definition) is 0. The maximum atomic E-state index is 12.8. The molecule has 2 aromatic carbocycles. The highest BCUT2D eigenvalue weighted by Crippen LogP contribution is 2.36. The van der Waals surface area contributed by atoms with Crippen molar-refractivity contribution < 1.29 is 17.9 Å². The Morgan fingerprint density at radius 3 is 2.45 bits per heavy atom. The van der Waals surface area contributed by atoms with Crippen LogP contribution in [0.5, 0.6) is 11.6 Å². The minimum absolute atomic E-state index is 0.279. The molecule has 4 rings (SSSR count). The number of halogens is 3. The van der Waals surface area contributed by atoms with Gasteiger partial charge in [0.25, 0.3) is 0 Å². The lowest BCUT2D eigenvalue weighted by Crippen LogP contribution is -2.07. The molecule has 0 spiro atoms. The van der Waals surface area contributed by atoms with Crippen LogP contribution < -0.4 is 9.64 Å². The molecule has 0 bridgehead atoms. The third kappa shape index (κ3) is 4.00. The maximum Gasteiger partial charge on any atom is 0.416 e. The number of para-hydroxylation sites is 1. The molecule has 0 aliphatic heterocycles. The molecule has 2 aromatic heterocycles. The molecule has 0 aliphatic rings. The lowest BCUT2D eigenvalue weighted by atomic mass is 10.1. The van der Waals surface area contributed by atoms with E-state index in [2.05, 4.69) is 15.0 Å². The van der Waals surface area contributed by atoms with E-state index >= 15 is 0 Å². The SMILES string of the molecule is CN(C)c1nc2c(Oc3cc(-c4ccc(C(F)(F)F)cc4)ncn3)cccc2s1. The molecule has 9 heteroatoms. The standard InChI is InChI=1S/C20H15F3N4OS/c1-27(2)19-26-18-15(4-3-5-16(18)29-19)28-17-10-14(24-11-25-17)12-6-8-13(9-7-12)20(21,22)23/h3-11H,1-2H3. The van der Waals surface area contributed by atoms with Gasteiger partial charge < -0.3 is 9.64 Å². The van der Waals surface area contributed by atoms with Crippen LogP contribution in [0.2, 0.25) is 0 Å². The van der Waals surface area contributed by atoms with Gasteiger partial charge in [0.1, 0.15) is 11.8 Å². The molecular formula is C20H15F3N4OS. The summed E-state index contributed by atoms with van der Waals surface area (Å²) in [5.41, 5.74) is 1.00. The van der Waals surface area contributed by atoms with Crippen LogP contribution >= 0.6 is 11.3 Å². The fraction of sp³-hybridized carbons (Fsp3) is 0.150. The number of nitrogens with zero attached hydrogens (tertiary/aromatic N) is 4. The second-order valence-electron chi connectivity index (χ2n) is 6.41. The number of fused-ring (bicyclic) bond motifs is 1. The molecule has 0 amide bonds. The molecule has 0 aliphatic carbocycles. The van der Waals surface area contributed by atoms with Crippen LogP contribution in [0, 0.1) is 0 Å². The van der Waals surface area contributed by atoms with Gasteiger partial charge in [0, 0.05) is 25.7 Å². The molecule has 0 saturated heterocycles. The Labute approximate surface area is 168 Å². The molecule has 0 radical (unpaired) electrons. The van der Waals surface area contributed by atoms with Crippen LogP contribution in [-0.4, -0.2) is 29.0 Å². The summed E-state index contributed by atoms with van der Waals surface area (Å²) >= 11 is 1.54. The van der Waals surface area contributed by atoms with Gasteiger partial charge in [-0.2, -0.15) is 13.2 Å². The summed E-state index contributed by atoms with van der Waals surface area (Å²) in [6, 6.07) is 12.0. The van der Waals surface area contributed by atoms with Gasteiger partial charge in [0.15, 0.2) is 10.9 Å². The van der Waals surface area contributed by atoms with E-state index in [1.165, 1.54) is 18.5 Å². The van der Waals surface area contributed by atoms with Crippen LogP contribution in [0.25, 0.3) is 21.5 Å². The zero-order valence-electron chi connectivity index (χ0n) is 15.4. The summed E-state index contributed by atoms with van der Waals surface area (Å²) in [5, 5.41) is 0.851. The van der Waals surface area contributed by atoms with Gasteiger partial charge in [0.2, 0.25) is 5.88 Å². The largest absolute Gasteiger partial charge is 0.437 e. The Morgan fingerprint density at radius 2 is 1.76 bits per heavy atom. The third-order valence-electron chi connectivity index (χ3n) is 4.12. The number of rotatable bonds is 4. The number of anilines is 1. The van der Waals surface area contributed by atoms with Gasteiger partial charge in [-0.1, -0.05) is 29.5 Å². The molecule has 5 nitrogen and oxygen atoms in total. The molecule has 0 N–H and O–H groups in total. The molecular weight excluding hydrogens is 401 g/mol. The van der Waals surface area contributed by atoms with Gasteiger partial charge in [0.05, 0.1) is 16.0 Å². The highest BCUT2D eigenvalue weighted by molar-refractivity contribution is 7.22. The first-order valence-corrected chi connectivity index (χ1v) is 9.37. The fourth-order valence-electron chi connectivity index (χ4n) is 2.68. The molecule has 2 heterocycles. The summed E-state index contributed by atoms with van der Waals surface area (Å²) in [4.78, 5) is 14.8. The van der Waals surface area contributed by atoms with Crippen molar-refractivity contribution in [3.05, 3.63) is 60.4 Å². The van der Waals surface area contributed by atoms with Crippen molar-refractivity contribution in [2.45, 2.75) is 6.18 Å². The van der Waals surface area contributed by atoms with Crippen LogP contribution in [0.15, 0.2) is 54.9 Å². The van der Waals surface area contributed by atoms with Crippen LogP contribution in [0.3, 0.4) is 0 Å². The predicted octanol–water partition coefficient (Wildman–Crippen LogP) is 5.63. The second-order valence-corrected chi connectivity index (χ2v) is 7.42. The molecule has 0 fully saturated rings. The van der Waals surface area contributed by atoms with Crippen LogP contribution in [0.1, 0.15) is 5.56 Å². The Hall–Kier alpha value is -3.20. The summed E-state index contributed by atoms with van der Waals surface area (Å²) in [6.07, 6.45) is -3.06. The van der Waals surface area contributed by atoms with Crippen molar-refractivity contribution >= 4 is 26.7 Å². The van der Waals surface area contributed by atoms with E-state index in [0.717, 1.165) is 27.5 Å². The number of thiazole rings is 1. The first-order valence-electron chi connectivity index (χ1n) is 8.56. The first-order chi connectivity index (χ1) is 13.8. The predicted molar refractivity (Wildman–Crippen MR) is 106 cm³/mol. The second kappa shape index (κ2) is 7.32. The summed E-state index contributed by atoms with van der Waals surface area (Å²) in [7, 11) is 3.83. The zero-order chi connectivity index (χ0) is 20.6. The normalized spacial score (nSPS) is 11.6. The third-order valence-corrected chi connectivity index (χ3v) is 5.31. The minimum Gasteiger partial charge on any atom is -0.437 e. The van der Waals surface area contributed by atoms with E-state index in [9.17, 15) is 13.2 Å². The van der Waals surface area contributed by atoms with Crippen molar-refractivity contribution in [1.82, 2.24) is 15.0 Å². The first kappa shape index (κ1) is 19.1. The van der Waals surface area contributed by atoms with Crippen molar-refractivity contribution in [3.63, 3.8) is 0 Å². The summed E-state index contributed by atoms with van der Waals surface area (Å²) in [6.45, 7) is 0. The van der Waals surface area contributed by atoms with Crippen molar-refractivity contribution in [1.29, 1.82) is 0 Å². The maximum absolute atomic E-state index is 12.8. The molecule has 0 saturated carbocycles. The quantitative estimate of drug-likeness (QED) is 0.432. The van der Waals surface area contributed by atoms with Gasteiger partial charge in [-0.3, -0.25) is 0 Å². The highest BCUT2D eigenvalue weighted by Gasteiger charge is 2.30. The fourth-order valence-corrected chi connectivity index (χ4v) is 3.59. The monoisotopic (exact) mass is 416 g/mol. The Kier molecular flexibility index (Phi) is 4.83. The lowest BCUT2D eigenvalue weighted by Gasteiger charge is -2.09. The van der Waals surface area contributed by atoms with E-state index < -0.39 is 11.7 Å². The van der Waals surface area contributed by atoms with Gasteiger partial charge >= 0.3 is 6.18 Å². The van der Waals surface area contributed by atoms with Gasteiger partial charge in [-0.05, 0) is 24.3 Å². The van der Waals surface area contributed by atoms with Crippen molar-refractivity contribution in [3.8, 4) is 22.9 Å². The van der Waals surface area contributed by atoms with Crippen molar-refractivity contribution in [2.75, 3.05) is 19.0 Å². The summed E-state index contributed by atoms with van der Waals surface area (Å²) < 4.78 is 45.2. The molecule has 29 heavy (non-hydrogen) atoms. The Morgan fingerprint density at radius 1 is 1.00 bits per heavy atom. The average Bonchev–Trinajstić information content (AvgIpc) is 3.14. The van der Waals surface area contributed by atoms with Gasteiger partial charge in [-0.15, -0.1) is 0 Å². The zero-order valence-corrected chi connectivity index (χ0v) is 16.3. The molecule has 0 unspecified atom stereocenters. The number of aromatic nitrogens is 3. The highest BCUT2D eigenvalue weighted by atomic mass is 32.1. The minimum atomic E-state index is -4.38. The molecule has 148 valence electrons. The van der Waals surface area contributed by atoms with Gasteiger partial charge in [-0.25, -0.2) is 15.0 Å². The molecule has 4 aromatic rings. The topological polar surface area (TPSA) is 51.1 Å². The van der Waals surface area contributed by atoms with Crippen molar-refractivity contribution in [2.24, 2.45) is 0 Å². The Balaban J connectivity index is 1.64. The van der Waals surface area contributed by atoms with E-state index in [-0.39, 0.29) is 5.88 Å². The van der Waals surface area contributed by atoms with E-state index in [1.807, 2.05) is 31.1 Å².